The van der Waals surface area contributed by atoms with E-state index in [1.54, 1.807) is 0 Å². The fourth-order valence-corrected chi connectivity index (χ4v) is 3.54. The molecule has 3 nitrogen and oxygen atoms in total. The Labute approximate surface area is 121 Å². The van der Waals surface area contributed by atoms with Crippen molar-refractivity contribution in [2.45, 2.75) is 44.1 Å². The zero-order valence-corrected chi connectivity index (χ0v) is 12.1. The SMILES string of the molecule is OC1CCCC(CNCC2CCOc3ccccc32)C1. The lowest BCUT2D eigenvalue weighted by atomic mass is 9.87. The summed E-state index contributed by atoms with van der Waals surface area (Å²) in [6.45, 7) is 2.88. The normalized spacial score (nSPS) is 29.6. The third-order valence-electron chi connectivity index (χ3n) is 4.66. The van der Waals surface area contributed by atoms with Crippen LogP contribution in [0.5, 0.6) is 5.75 Å². The zero-order valence-electron chi connectivity index (χ0n) is 12.1. The van der Waals surface area contributed by atoms with Crippen LogP contribution in [0.3, 0.4) is 0 Å². The van der Waals surface area contributed by atoms with E-state index < -0.39 is 0 Å². The van der Waals surface area contributed by atoms with Gasteiger partial charge in [-0.3, -0.25) is 0 Å². The summed E-state index contributed by atoms with van der Waals surface area (Å²) in [6.07, 6.45) is 5.42. The first-order chi connectivity index (χ1) is 9.83. The molecule has 1 fully saturated rings. The van der Waals surface area contributed by atoms with E-state index in [2.05, 4.69) is 23.5 Å². The molecule has 1 heterocycles. The highest BCUT2D eigenvalue weighted by atomic mass is 16.5. The van der Waals surface area contributed by atoms with Crippen LogP contribution in [0.2, 0.25) is 0 Å². The number of fused-ring (bicyclic) bond motifs is 1. The number of benzene rings is 1. The number of hydrogen-bond acceptors (Lipinski definition) is 3. The highest BCUT2D eigenvalue weighted by molar-refractivity contribution is 5.37. The third kappa shape index (κ3) is 3.33. The Morgan fingerprint density at radius 1 is 1.15 bits per heavy atom. The van der Waals surface area contributed by atoms with Gasteiger partial charge in [0.2, 0.25) is 0 Å². The Hall–Kier alpha value is -1.06. The van der Waals surface area contributed by atoms with Gasteiger partial charge >= 0.3 is 0 Å². The molecule has 1 saturated carbocycles. The lowest BCUT2D eigenvalue weighted by Crippen LogP contribution is -2.32. The van der Waals surface area contributed by atoms with Crippen molar-refractivity contribution in [2.75, 3.05) is 19.7 Å². The summed E-state index contributed by atoms with van der Waals surface area (Å²) in [4.78, 5) is 0. The summed E-state index contributed by atoms with van der Waals surface area (Å²) >= 11 is 0. The molecule has 1 aromatic rings. The van der Waals surface area contributed by atoms with Crippen molar-refractivity contribution >= 4 is 0 Å². The number of hydrogen-bond donors (Lipinski definition) is 2. The second-order valence-electron chi connectivity index (χ2n) is 6.22. The molecule has 0 radical (unpaired) electrons. The van der Waals surface area contributed by atoms with E-state index in [0.717, 1.165) is 44.7 Å². The van der Waals surface area contributed by atoms with Gasteiger partial charge in [0.15, 0.2) is 0 Å². The first-order valence-corrected chi connectivity index (χ1v) is 7.93. The summed E-state index contributed by atoms with van der Waals surface area (Å²) in [5.41, 5.74) is 1.34. The summed E-state index contributed by atoms with van der Waals surface area (Å²) in [5.74, 6) is 2.26. The molecule has 20 heavy (non-hydrogen) atoms. The van der Waals surface area contributed by atoms with Gasteiger partial charge in [0, 0.05) is 12.5 Å². The summed E-state index contributed by atoms with van der Waals surface area (Å²) in [7, 11) is 0. The number of nitrogens with one attached hydrogen (secondary N) is 1. The van der Waals surface area contributed by atoms with Gasteiger partial charge < -0.3 is 15.2 Å². The molecule has 1 aliphatic carbocycles. The van der Waals surface area contributed by atoms with Crippen LogP contribution in [0.4, 0.5) is 0 Å². The van der Waals surface area contributed by atoms with Crippen molar-refractivity contribution < 1.29 is 9.84 Å². The minimum atomic E-state index is -0.0700. The number of aliphatic hydroxyl groups is 1. The largest absolute Gasteiger partial charge is 0.493 e. The van der Waals surface area contributed by atoms with Crippen molar-refractivity contribution in [1.82, 2.24) is 5.32 Å². The molecular weight excluding hydrogens is 250 g/mol. The van der Waals surface area contributed by atoms with Crippen molar-refractivity contribution in [2.24, 2.45) is 5.92 Å². The Morgan fingerprint density at radius 3 is 2.95 bits per heavy atom. The van der Waals surface area contributed by atoms with Crippen LogP contribution in [0, 0.1) is 5.92 Å². The minimum Gasteiger partial charge on any atom is -0.493 e. The first-order valence-electron chi connectivity index (χ1n) is 7.93. The highest BCUT2D eigenvalue weighted by Gasteiger charge is 2.22. The summed E-state index contributed by atoms with van der Waals surface area (Å²) in [5, 5.41) is 13.3. The van der Waals surface area contributed by atoms with Crippen molar-refractivity contribution in [3.8, 4) is 5.75 Å². The second-order valence-corrected chi connectivity index (χ2v) is 6.22. The molecule has 2 N–H and O–H groups in total. The van der Waals surface area contributed by atoms with E-state index in [1.165, 1.54) is 18.4 Å². The highest BCUT2D eigenvalue weighted by Crippen LogP contribution is 2.33. The number of rotatable bonds is 4. The molecule has 2 aliphatic rings. The minimum absolute atomic E-state index is 0.0700. The number of aliphatic hydroxyl groups excluding tert-OH is 1. The molecule has 0 saturated heterocycles. The average molecular weight is 275 g/mol. The zero-order chi connectivity index (χ0) is 13.8. The van der Waals surface area contributed by atoms with Gasteiger partial charge in [0.25, 0.3) is 0 Å². The smallest absolute Gasteiger partial charge is 0.122 e. The number of para-hydroxylation sites is 1. The topological polar surface area (TPSA) is 41.5 Å². The third-order valence-corrected chi connectivity index (χ3v) is 4.66. The molecular formula is C17H25NO2. The predicted molar refractivity (Wildman–Crippen MR) is 80.1 cm³/mol. The van der Waals surface area contributed by atoms with E-state index in [0.29, 0.717) is 11.8 Å². The van der Waals surface area contributed by atoms with Gasteiger partial charge in [0.1, 0.15) is 5.75 Å². The molecule has 3 rings (SSSR count). The molecule has 110 valence electrons. The van der Waals surface area contributed by atoms with Crippen LogP contribution in [0.25, 0.3) is 0 Å². The van der Waals surface area contributed by atoms with Gasteiger partial charge in [-0.1, -0.05) is 24.6 Å². The van der Waals surface area contributed by atoms with Crippen LogP contribution in [-0.4, -0.2) is 30.9 Å². The molecule has 1 aliphatic heterocycles. The Kier molecular flexibility index (Phi) is 4.58. The summed E-state index contributed by atoms with van der Waals surface area (Å²) < 4.78 is 5.70. The van der Waals surface area contributed by atoms with Crippen LogP contribution < -0.4 is 10.1 Å². The van der Waals surface area contributed by atoms with Gasteiger partial charge in [-0.05, 0) is 49.8 Å². The standard InChI is InChI=1S/C17H25NO2/c19-15-5-3-4-13(10-15)11-18-12-14-8-9-20-17-7-2-1-6-16(14)17/h1-2,6-7,13-15,18-19H,3-5,8-12H2. The quantitative estimate of drug-likeness (QED) is 0.887. The van der Waals surface area contributed by atoms with Crippen LogP contribution in [-0.2, 0) is 0 Å². The fourth-order valence-electron chi connectivity index (χ4n) is 3.54. The maximum Gasteiger partial charge on any atom is 0.122 e. The number of ether oxygens (including phenoxy) is 1. The maximum absolute atomic E-state index is 9.71. The van der Waals surface area contributed by atoms with Gasteiger partial charge in [0.05, 0.1) is 12.7 Å². The lowest BCUT2D eigenvalue weighted by Gasteiger charge is -2.29. The Bertz CT molecular complexity index is 435. The fraction of sp³-hybridized carbons (Fsp3) is 0.647. The van der Waals surface area contributed by atoms with Gasteiger partial charge in [-0.25, -0.2) is 0 Å². The van der Waals surface area contributed by atoms with E-state index >= 15 is 0 Å². The van der Waals surface area contributed by atoms with Crippen LogP contribution in [0.1, 0.15) is 43.6 Å². The molecule has 0 aromatic heterocycles. The molecule has 3 atom stereocenters. The van der Waals surface area contributed by atoms with Crippen LogP contribution >= 0.6 is 0 Å². The molecule has 0 amide bonds. The van der Waals surface area contributed by atoms with Gasteiger partial charge in [-0.15, -0.1) is 0 Å². The van der Waals surface area contributed by atoms with E-state index in [-0.39, 0.29) is 6.10 Å². The molecule has 3 unspecified atom stereocenters. The molecule has 3 heteroatoms. The maximum atomic E-state index is 9.71. The lowest BCUT2D eigenvalue weighted by molar-refractivity contribution is 0.100. The van der Waals surface area contributed by atoms with E-state index in [4.69, 9.17) is 4.74 Å². The monoisotopic (exact) mass is 275 g/mol. The van der Waals surface area contributed by atoms with Gasteiger partial charge in [-0.2, -0.15) is 0 Å². The van der Waals surface area contributed by atoms with Crippen molar-refractivity contribution in [3.05, 3.63) is 29.8 Å². The van der Waals surface area contributed by atoms with Crippen molar-refractivity contribution in [3.63, 3.8) is 0 Å². The Balaban J connectivity index is 1.49. The van der Waals surface area contributed by atoms with Crippen LogP contribution in [0.15, 0.2) is 24.3 Å². The second kappa shape index (κ2) is 6.59. The molecule has 0 bridgehead atoms. The van der Waals surface area contributed by atoms with E-state index in [9.17, 15) is 5.11 Å². The first kappa shape index (κ1) is 13.9. The molecule has 0 spiro atoms. The molecule has 1 aromatic carbocycles. The Morgan fingerprint density at radius 2 is 2.05 bits per heavy atom. The predicted octanol–water partition coefficient (Wildman–Crippen LogP) is 2.69. The van der Waals surface area contributed by atoms with Crippen molar-refractivity contribution in [1.29, 1.82) is 0 Å². The average Bonchev–Trinajstić information content (AvgIpc) is 2.48. The van der Waals surface area contributed by atoms with E-state index in [1.807, 2.05) is 6.07 Å². The summed E-state index contributed by atoms with van der Waals surface area (Å²) in [6, 6.07) is 8.39.